The van der Waals surface area contributed by atoms with Gasteiger partial charge in [0.25, 0.3) is 0 Å². The highest BCUT2D eigenvalue weighted by Crippen LogP contribution is 2.36. The first-order valence-electron chi connectivity index (χ1n) is 9.70. The Morgan fingerprint density at radius 2 is 1.72 bits per heavy atom. The number of methoxy groups -OCH3 is 2. The highest BCUT2D eigenvalue weighted by Gasteiger charge is 2.28. The van der Waals surface area contributed by atoms with Gasteiger partial charge >= 0.3 is 0 Å². The molecule has 32 heavy (non-hydrogen) atoms. The topological polar surface area (TPSA) is 71.1 Å². The van der Waals surface area contributed by atoms with E-state index in [4.69, 9.17) is 18.9 Å². The summed E-state index contributed by atoms with van der Waals surface area (Å²) in [7, 11) is 3.11. The summed E-state index contributed by atoms with van der Waals surface area (Å²) in [4.78, 5) is 25.1. The number of allylic oxidation sites excluding steroid dienone is 1. The van der Waals surface area contributed by atoms with Crippen LogP contribution in [0.1, 0.15) is 26.3 Å². The van der Waals surface area contributed by atoms with E-state index in [9.17, 15) is 9.59 Å². The van der Waals surface area contributed by atoms with Gasteiger partial charge in [0.2, 0.25) is 5.78 Å². The first kappa shape index (κ1) is 21.6. The highest BCUT2D eigenvalue weighted by molar-refractivity contribution is 9.10. The van der Waals surface area contributed by atoms with Gasteiger partial charge in [0.05, 0.1) is 19.8 Å². The van der Waals surface area contributed by atoms with Crippen molar-refractivity contribution in [2.75, 3.05) is 20.8 Å². The van der Waals surface area contributed by atoms with Crippen LogP contribution in [-0.2, 0) is 0 Å². The molecular formula is C25H19BrO6. The second-order valence-corrected chi connectivity index (χ2v) is 7.84. The predicted octanol–water partition coefficient (Wildman–Crippen LogP) is 5.34. The standard InChI is InChI=1S/C25H19BrO6/c1-29-18-8-5-16(22(12-18)30-2)11-24-25(28)20-10-9-19(13-23(20)32-24)31-14-21(27)15-3-6-17(26)7-4-15/h3-13H,14H2,1-2H3. The molecule has 162 valence electrons. The molecule has 0 aliphatic carbocycles. The summed E-state index contributed by atoms with van der Waals surface area (Å²) in [6.07, 6.45) is 1.62. The van der Waals surface area contributed by atoms with Crippen LogP contribution in [-0.4, -0.2) is 32.4 Å². The van der Waals surface area contributed by atoms with Gasteiger partial charge in [-0.3, -0.25) is 9.59 Å². The normalized spacial score (nSPS) is 13.5. The van der Waals surface area contributed by atoms with Crippen molar-refractivity contribution in [2.45, 2.75) is 0 Å². The number of rotatable bonds is 7. The van der Waals surface area contributed by atoms with Crippen LogP contribution in [0, 0.1) is 0 Å². The maximum absolute atomic E-state index is 12.8. The Balaban J connectivity index is 1.49. The summed E-state index contributed by atoms with van der Waals surface area (Å²) >= 11 is 3.34. The maximum Gasteiger partial charge on any atom is 0.231 e. The van der Waals surface area contributed by atoms with E-state index in [2.05, 4.69) is 15.9 Å². The van der Waals surface area contributed by atoms with E-state index in [0.717, 1.165) is 4.47 Å². The highest BCUT2D eigenvalue weighted by atomic mass is 79.9. The summed E-state index contributed by atoms with van der Waals surface area (Å²) in [6, 6.07) is 17.2. The van der Waals surface area contributed by atoms with Crippen molar-refractivity contribution in [2.24, 2.45) is 0 Å². The van der Waals surface area contributed by atoms with Crippen molar-refractivity contribution in [3.63, 3.8) is 0 Å². The molecule has 0 saturated carbocycles. The Morgan fingerprint density at radius 1 is 0.969 bits per heavy atom. The Hall–Kier alpha value is -3.58. The average Bonchev–Trinajstić information content (AvgIpc) is 3.12. The minimum Gasteiger partial charge on any atom is -0.497 e. The van der Waals surface area contributed by atoms with E-state index >= 15 is 0 Å². The monoisotopic (exact) mass is 494 g/mol. The van der Waals surface area contributed by atoms with Crippen LogP contribution >= 0.6 is 15.9 Å². The van der Waals surface area contributed by atoms with Gasteiger partial charge in [-0.25, -0.2) is 0 Å². The van der Waals surface area contributed by atoms with E-state index in [0.29, 0.717) is 39.7 Å². The number of benzene rings is 3. The molecule has 1 aliphatic rings. The maximum atomic E-state index is 12.8. The summed E-state index contributed by atoms with van der Waals surface area (Å²) in [6.45, 7) is -0.125. The molecule has 0 saturated heterocycles. The lowest BCUT2D eigenvalue weighted by Crippen LogP contribution is -2.11. The van der Waals surface area contributed by atoms with Crippen molar-refractivity contribution in [3.05, 3.63) is 87.6 Å². The number of carbonyl (C=O) groups excluding carboxylic acids is 2. The zero-order valence-corrected chi connectivity index (χ0v) is 19.0. The third-order valence-electron chi connectivity index (χ3n) is 4.90. The molecule has 0 N–H and O–H groups in total. The van der Waals surface area contributed by atoms with Gasteiger partial charge in [-0.1, -0.05) is 28.1 Å². The average molecular weight is 495 g/mol. The minimum absolute atomic E-state index is 0.125. The minimum atomic E-state index is -0.240. The van der Waals surface area contributed by atoms with E-state index in [-0.39, 0.29) is 23.9 Å². The zero-order chi connectivity index (χ0) is 22.7. The van der Waals surface area contributed by atoms with Gasteiger partial charge in [-0.15, -0.1) is 0 Å². The first-order chi connectivity index (χ1) is 15.5. The third-order valence-corrected chi connectivity index (χ3v) is 5.43. The van der Waals surface area contributed by atoms with Crippen LogP contribution < -0.4 is 18.9 Å². The number of halogens is 1. The van der Waals surface area contributed by atoms with Crippen molar-refractivity contribution < 1.29 is 28.5 Å². The lowest BCUT2D eigenvalue weighted by Gasteiger charge is -2.08. The molecule has 0 bridgehead atoms. The fourth-order valence-corrected chi connectivity index (χ4v) is 3.47. The molecule has 0 unspecified atom stereocenters. The van der Waals surface area contributed by atoms with Crippen LogP contribution in [0.15, 0.2) is 70.9 Å². The lowest BCUT2D eigenvalue weighted by molar-refractivity contribution is 0.0921. The Morgan fingerprint density at radius 3 is 2.44 bits per heavy atom. The number of hydrogen-bond donors (Lipinski definition) is 0. The third kappa shape index (κ3) is 4.53. The number of hydrogen-bond acceptors (Lipinski definition) is 6. The Bertz CT molecular complexity index is 1210. The SMILES string of the molecule is COc1ccc(C=C2Oc3cc(OCC(=O)c4ccc(Br)cc4)ccc3C2=O)c(OC)c1. The Kier molecular flexibility index (Phi) is 6.28. The van der Waals surface area contributed by atoms with E-state index < -0.39 is 0 Å². The van der Waals surface area contributed by atoms with Crippen molar-refractivity contribution in [1.29, 1.82) is 0 Å². The smallest absolute Gasteiger partial charge is 0.231 e. The fourth-order valence-electron chi connectivity index (χ4n) is 3.20. The van der Waals surface area contributed by atoms with Crippen molar-refractivity contribution in [1.82, 2.24) is 0 Å². The van der Waals surface area contributed by atoms with Crippen molar-refractivity contribution >= 4 is 33.6 Å². The van der Waals surface area contributed by atoms with E-state index in [1.807, 2.05) is 0 Å². The number of ketones is 2. The fraction of sp³-hybridized carbons (Fsp3) is 0.120. The first-order valence-corrected chi connectivity index (χ1v) is 10.5. The molecule has 0 radical (unpaired) electrons. The van der Waals surface area contributed by atoms with Gasteiger partial charge in [-0.2, -0.15) is 0 Å². The second kappa shape index (κ2) is 9.28. The molecular weight excluding hydrogens is 476 g/mol. The molecule has 3 aromatic carbocycles. The van der Waals surface area contributed by atoms with Crippen LogP contribution in [0.4, 0.5) is 0 Å². The zero-order valence-electron chi connectivity index (χ0n) is 17.4. The molecule has 0 aromatic heterocycles. The van der Waals surface area contributed by atoms with E-state index in [1.165, 1.54) is 0 Å². The number of fused-ring (bicyclic) bond motifs is 1. The predicted molar refractivity (Wildman–Crippen MR) is 123 cm³/mol. The molecule has 0 fully saturated rings. The number of carbonyl (C=O) groups is 2. The summed E-state index contributed by atoms with van der Waals surface area (Å²) < 4.78 is 22.9. The van der Waals surface area contributed by atoms with Gasteiger partial charge in [0.15, 0.2) is 18.1 Å². The van der Waals surface area contributed by atoms with Gasteiger partial charge in [0, 0.05) is 27.7 Å². The van der Waals surface area contributed by atoms with Gasteiger partial charge < -0.3 is 18.9 Å². The van der Waals surface area contributed by atoms with Gasteiger partial charge in [-0.05, 0) is 42.5 Å². The second-order valence-electron chi connectivity index (χ2n) is 6.92. The molecule has 3 aromatic rings. The summed E-state index contributed by atoms with van der Waals surface area (Å²) in [5, 5.41) is 0. The van der Waals surface area contributed by atoms with Crippen LogP contribution in [0.3, 0.4) is 0 Å². The van der Waals surface area contributed by atoms with Crippen LogP contribution in [0.5, 0.6) is 23.0 Å². The molecule has 1 heterocycles. The summed E-state index contributed by atoms with van der Waals surface area (Å²) in [5.41, 5.74) is 1.66. The van der Waals surface area contributed by atoms with Crippen LogP contribution in [0.25, 0.3) is 6.08 Å². The molecule has 1 aliphatic heterocycles. The molecule has 4 rings (SSSR count). The van der Waals surface area contributed by atoms with Crippen molar-refractivity contribution in [3.8, 4) is 23.0 Å². The quantitative estimate of drug-likeness (QED) is 0.326. The Labute approximate surface area is 193 Å². The van der Waals surface area contributed by atoms with E-state index in [1.54, 1.807) is 81.0 Å². The lowest BCUT2D eigenvalue weighted by atomic mass is 10.1. The molecule has 0 atom stereocenters. The molecule has 6 nitrogen and oxygen atoms in total. The van der Waals surface area contributed by atoms with Gasteiger partial charge in [0.1, 0.15) is 23.0 Å². The number of Topliss-reactive ketones (excluding diaryl/α,β-unsaturated/α-hetero) is 2. The van der Waals surface area contributed by atoms with Crippen LogP contribution in [0.2, 0.25) is 0 Å². The number of ether oxygens (including phenoxy) is 4. The molecule has 0 spiro atoms. The largest absolute Gasteiger partial charge is 0.497 e. The molecule has 7 heteroatoms. The summed E-state index contributed by atoms with van der Waals surface area (Å²) in [5.74, 6) is 1.79. The molecule has 0 amide bonds.